The van der Waals surface area contributed by atoms with Crippen LogP contribution in [0.1, 0.15) is 101 Å². The number of allylic oxidation sites excluding steroid dienone is 4. The molecule has 4 aromatic rings. The number of hydrogen-bond donors (Lipinski definition) is 4. The number of ether oxygens (including phenoxy) is 2. The van der Waals surface area contributed by atoms with Crippen molar-refractivity contribution in [2.24, 2.45) is 10.8 Å². The van der Waals surface area contributed by atoms with Gasteiger partial charge >= 0.3 is 0 Å². The molecular formula is C44H46N2O6. The summed E-state index contributed by atoms with van der Waals surface area (Å²) in [6, 6.07) is 19.3. The van der Waals surface area contributed by atoms with Gasteiger partial charge in [-0.3, -0.25) is 9.59 Å². The Morgan fingerprint density at radius 2 is 1.02 bits per heavy atom. The first-order valence-corrected chi connectivity index (χ1v) is 18.4. The van der Waals surface area contributed by atoms with Crippen molar-refractivity contribution < 1.29 is 29.3 Å². The average Bonchev–Trinajstić information content (AvgIpc) is 3.07. The van der Waals surface area contributed by atoms with Crippen LogP contribution in [0, 0.1) is 10.8 Å². The summed E-state index contributed by atoms with van der Waals surface area (Å²) in [5.41, 5.74) is 8.61. The average molecular weight is 699 g/mol. The van der Waals surface area contributed by atoms with Gasteiger partial charge in [0.1, 0.15) is 0 Å². The van der Waals surface area contributed by atoms with Crippen molar-refractivity contribution in [3.8, 4) is 23.0 Å². The number of rotatable bonds is 6. The second kappa shape index (κ2) is 12.2. The van der Waals surface area contributed by atoms with E-state index < -0.39 is 0 Å². The minimum absolute atomic E-state index is 0.0656. The number of phenols is 2. The van der Waals surface area contributed by atoms with Gasteiger partial charge in [0.15, 0.2) is 34.6 Å². The van der Waals surface area contributed by atoms with Crippen LogP contribution < -0.4 is 20.1 Å². The molecule has 8 nitrogen and oxygen atoms in total. The van der Waals surface area contributed by atoms with Crippen molar-refractivity contribution in [3.05, 3.63) is 105 Å². The predicted octanol–water partition coefficient (Wildman–Crippen LogP) is 9.45. The molecule has 0 radical (unpaired) electrons. The van der Waals surface area contributed by atoms with E-state index in [1.165, 1.54) is 0 Å². The van der Waals surface area contributed by atoms with E-state index in [2.05, 4.69) is 62.6 Å². The highest BCUT2D eigenvalue weighted by Gasteiger charge is 2.43. The van der Waals surface area contributed by atoms with Crippen LogP contribution >= 0.6 is 0 Å². The van der Waals surface area contributed by atoms with E-state index in [4.69, 9.17) is 9.47 Å². The summed E-state index contributed by atoms with van der Waals surface area (Å²) in [4.78, 5) is 28.0. The zero-order valence-electron chi connectivity index (χ0n) is 30.7. The van der Waals surface area contributed by atoms with Crippen LogP contribution in [-0.2, 0) is 9.59 Å². The molecule has 268 valence electrons. The van der Waals surface area contributed by atoms with Crippen molar-refractivity contribution in [1.29, 1.82) is 0 Å². The Morgan fingerprint density at radius 3 is 1.40 bits per heavy atom. The Balaban J connectivity index is 1.34. The molecule has 2 aliphatic heterocycles. The predicted molar refractivity (Wildman–Crippen MR) is 204 cm³/mol. The second-order valence-corrected chi connectivity index (χ2v) is 16.3. The molecule has 0 aromatic heterocycles. The Morgan fingerprint density at radius 1 is 0.615 bits per heavy atom. The molecule has 2 aliphatic carbocycles. The van der Waals surface area contributed by atoms with E-state index in [-0.39, 0.29) is 45.7 Å². The van der Waals surface area contributed by atoms with Gasteiger partial charge in [-0.2, -0.15) is 0 Å². The number of benzene rings is 4. The summed E-state index contributed by atoms with van der Waals surface area (Å²) in [6.45, 7) is 13.1. The number of Topliss-reactive ketones (excluding diaryl/α,β-unsaturated/α-hetero) is 2. The van der Waals surface area contributed by atoms with E-state index >= 15 is 0 Å². The van der Waals surface area contributed by atoms with E-state index in [1.807, 2.05) is 38.1 Å². The second-order valence-electron chi connectivity index (χ2n) is 16.3. The summed E-state index contributed by atoms with van der Waals surface area (Å²) in [5.74, 6) is 0.469. The fourth-order valence-electron chi connectivity index (χ4n) is 9.03. The largest absolute Gasteiger partial charge is 0.504 e. The first-order valence-electron chi connectivity index (χ1n) is 18.4. The number of carbonyl (C=O) groups excluding carboxylic acids is 2. The fraction of sp³-hybridized carbons (Fsp3) is 0.364. The maximum Gasteiger partial charge on any atom is 0.162 e. The van der Waals surface area contributed by atoms with Gasteiger partial charge in [0.25, 0.3) is 0 Å². The molecule has 2 heterocycles. The number of carbonyl (C=O) groups is 2. The Labute approximate surface area is 304 Å². The SMILES string of the molecule is CCOc1cc(C2C3=C(CC(C)(C)CC3=O)Nc3c2ccc2c4c(ccc32)C(c2ccc(O)c(OCC)c2)C2=C(CC(C)(C)CC2=O)N4)ccc1O. The van der Waals surface area contributed by atoms with Crippen LogP contribution in [-0.4, -0.2) is 35.0 Å². The number of phenolic OH excluding ortho intramolecular Hbond substituents is 2. The first kappa shape index (κ1) is 33.9. The molecule has 8 rings (SSSR count). The summed E-state index contributed by atoms with van der Waals surface area (Å²) >= 11 is 0. The summed E-state index contributed by atoms with van der Waals surface area (Å²) in [7, 11) is 0. The van der Waals surface area contributed by atoms with Crippen molar-refractivity contribution >= 4 is 33.7 Å². The number of nitrogens with one attached hydrogen (secondary N) is 2. The van der Waals surface area contributed by atoms with Gasteiger partial charge in [-0.1, -0.05) is 64.1 Å². The normalized spacial score (nSPS) is 21.4. The molecular weight excluding hydrogens is 652 g/mol. The van der Waals surface area contributed by atoms with Gasteiger partial charge in [-0.15, -0.1) is 0 Å². The van der Waals surface area contributed by atoms with E-state index in [9.17, 15) is 19.8 Å². The van der Waals surface area contributed by atoms with Gasteiger partial charge in [0, 0.05) is 58.0 Å². The first-order chi connectivity index (χ1) is 24.8. The highest BCUT2D eigenvalue weighted by Crippen LogP contribution is 2.55. The quantitative estimate of drug-likeness (QED) is 0.157. The van der Waals surface area contributed by atoms with Crippen LogP contribution in [0.3, 0.4) is 0 Å². The highest BCUT2D eigenvalue weighted by atomic mass is 16.5. The summed E-state index contributed by atoms with van der Waals surface area (Å²) < 4.78 is 11.6. The molecule has 8 heteroatoms. The molecule has 0 bridgehead atoms. The van der Waals surface area contributed by atoms with Crippen molar-refractivity contribution in [2.75, 3.05) is 23.8 Å². The fourth-order valence-corrected chi connectivity index (χ4v) is 9.03. The Kier molecular flexibility index (Phi) is 7.94. The zero-order valence-corrected chi connectivity index (χ0v) is 30.7. The lowest BCUT2D eigenvalue weighted by atomic mass is 9.67. The number of anilines is 2. The van der Waals surface area contributed by atoms with Gasteiger partial charge in [-0.25, -0.2) is 0 Å². The molecule has 0 fully saturated rings. The lowest BCUT2D eigenvalue weighted by Gasteiger charge is -2.41. The summed E-state index contributed by atoms with van der Waals surface area (Å²) in [6.07, 6.45) is 2.35. The molecule has 4 N–H and O–H groups in total. The van der Waals surface area contributed by atoms with Crippen LogP contribution in [0.4, 0.5) is 11.4 Å². The van der Waals surface area contributed by atoms with Gasteiger partial charge in [-0.05, 0) is 84.0 Å². The highest BCUT2D eigenvalue weighted by molar-refractivity contribution is 6.10. The van der Waals surface area contributed by atoms with Gasteiger partial charge < -0.3 is 30.3 Å². The monoisotopic (exact) mass is 698 g/mol. The molecule has 0 amide bonds. The lowest BCUT2D eigenvalue weighted by molar-refractivity contribution is -0.119. The number of fused-ring (bicyclic) bond motifs is 5. The summed E-state index contributed by atoms with van der Waals surface area (Å²) in [5, 5.41) is 30.7. The van der Waals surface area contributed by atoms with Gasteiger partial charge in [0.2, 0.25) is 0 Å². The van der Waals surface area contributed by atoms with Crippen LogP contribution in [0.25, 0.3) is 10.8 Å². The van der Waals surface area contributed by atoms with Crippen molar-refractivity contribution in [2.45, 2.75) is 79.1 Å². The standard InChI is InChI=1S/C44H46N2O6/c1-7-51-35-17-23(9-15-31(35)47)37-27-13-11-26-25(41(27)45-29-19-43(3,4)21-33(49)39(29)37)12-14-28-38(24-10-16-32(48)36(18-24)52-8-2)40-30(46-42(26)28)20-44(5,6)22-34(40)50/h9-18,37-38,45-48H,7-8,19-22H2,1-6H3. The molecule has 52 heavy (non-hydrogen) atoms. The van der Waals surface area contributed by atoms with Crippen molar-refractivity contribution in [3.63, 3.8) is 0 Å². The maximum atomic E-state index is 14.0. The molecule has 4 aromatic carbocycles. The van der Waals surface area contributed by atoms with E-state index in [0.717, 1.165) is 79.8 Å². The Hall–Kier alpha value is -5.24. The zero-order chi connectivity index (χ0) is 36.7. The number of aromatic hydroxyl groups is 2. The minimum atomic E-state index is -0.351. The third kappa shape index (κ3) is 5.51. The van der Waals surface area contributed by atoms with E-state index in [1.54, 1.807) is 12.1 Å². The number of ketones is 2. The van der Waals surface area contributed by atoms with E-state index in [0.29, 0.717) is 37.6 Å². The topological polar surface area (TPSA) is 117 Å². The minimum Gasteiger partial charge on any atom is -0.504 e. The maximum absolute atomic E-state index is 14.0. The third-order valence-electron chi connectivity index (χ3n) is 11.1. The molecule has 2 atom stereocenters. The number of hydrogen-bond acceptors (Lipinski definition) is 8. The van der Waals surface area contributed by atoms with Crippen LogP contribution in [0.15, 0.2) is 83.2 Å². The molecule has 4 aliphatic rings. The Bertz CT molecular complexity index is 2100. The molecule has 0 spiro atoms. The molecule has 0 saturated heterocycles. The van der Waals surface area contributed by atoms with Crippen molar-refractivity contribution in [1.82, 2.24) is 0 Å². The van der Waals surface area contributed by atoms with Gasteiger partial charge in [0.05, 0.1) is 24.6 Å². The van der Waals surface area contributed by atoms with Crippen LogP contribution in [0.5, 0.6) is 23.0 Å². The third-order valence-corrected chi connectivity index (χ3v) is 11.1. The molecule has 2 unspecified atom stereocenters. The molecule has 0 saturated carbocycles. The smallest absolute Gasteiger partial charge is 0.162 e. The lowest BCUT2D eigenvalue weighted by Crippen LogP contribution is -2.34. The van der Waals surface area contributed by atoms with Crippen LogP contribution in [0.2, 0.25) is 0 Å².